The summed E-state index contributed by atoms with van der Waals surface area (Å²) in [6.45, 7) is 0. The number of benzene rings is 2. The van der Waals surface area contributed by atoms with E-state index in [1.54, 1.807) is 0 Å². The van der Waals surface area contributed by atoms with Crippen molar-refractivity contribution in [1.82, 2.24) is 4.98 Å². The van der Waals surface area contributed by atoms with Gasteiger partial charge in [-0.3, -0.25) is 4.98 Å². The van der Waals surface area contributed by atoms with Gasteiger partial charge in [0.25, 0.3) is 0 Å². The van der Waals surface area contributed by atoms with Gasteiger partial charge < -0.3 is 10.2 Å². The zero-order chi connectivity index (χ0) is 20.8. The first-order chi connectivity index (χ1) is 14.7. The van der Waals surface area contributed by atoms with E-state index in [4.69, 9.17) is 0 Å². The van der Waals surface area contributed by atoms with Crippen LogP contribution < -0.4 is 0 Å². The van der Waals surface area contributed by atoms with Crippen molar-refractivity contribution in [2.45, 2.75) is 63.6 Å². The molecule has 3 nitrogen and oxygen atoms in total. The fourth-order valence-electron chi connectivity index (χ4n) is 5.09. The molecule has 2 aromatic carbocycles. The Morgan fingerprint density at radius 2 is 1.39 bits per heavy atom. The second-order valence-corrected chi connectivity index (χ2v) is 8.71. The first kappa shape index (κ1) is 24.1. The van der Waals surface area contributed by atoms with Crippen LogP contribution in [0.3, 0.4) is 0 Å². The summed E-state index contributed by atoms with van der Waals surface area (Å²) < 4.78 is 0. The topological polar surface area (TPSA) is 53.4 Å². The molecule has 1 aromatic heterocycles. The number of para-hydroxylation sites is 1. The summed E-state index contributed by atoms with van der Waals surface area (Å²) in [5.41, 5.74) is 3.03. The average Bonchev–Trinajstić information content (AvgIpc) is 3.09. The number of nitrogens with zero attached hydrogens (tertiary/aromatic N) is 1. The molecule has 0 spiro atoms. The molecule has 31 heavy (non-hydrogen) atoms. The molecule has 2 aliphatic rings. The second kappa shape index (κ2) is 11.9. The molecule has 1 heterocycles. The zero-order valence-corrected chi connectivity index (χ0v) is 20.3. The van der Waals surface area contributed by atoms with Gasteiger partial charge in [0.1, 0.15) is 0 Å². The van der Waals surface area contributed by atoms with Gasteiger partial charge in [-0.2, -0.15) is 0 Å². The Labute approximate surface area is 199 Å². The van der Waals surface area contributed by atoms with Crippen molar-refractivity contribution < 1.29 is 30.3 Å². The number of aliphatic hydroxyl groups is 2. The van der Waals surface area contributed by atoms with Crippen molar-refractivity contribution in [3.05, 3.63) is 66.7 Å². The van der Waals surface area contributed by atoms with Gasteiger partial charge in [-0.15, -0.1) is 35.9 Å². The molecule has 0 amide bonds. The van der Waals surface area contributed by atoms with Crippen molar-refractivity contribution in [3.63, 3.8) is 0 Å². The van der Waals surface area contributed by atoms with Crippen LogP contribution in [0.1, 0.15) is 51.4 Å². The van der Waals surface area contributed by atoms with Gasteiger partial charge in [0.05, 0.1) is 17.7 Å². The van der Waals surface area contributed by atoms with E-state index in [2.05, 4.69) is 23.2 Å². The van der Waals surface area contributed by atoms with Crippen LogP contribution >= 0.6 is 0 Å². The summed E-state index contributed by atoms with van der Waals surface area (Å²) in [6.07, 6.45) is 8.53. The third-order valence-electron chi connectivity index (χ3n) is 6.67. The smallest absolute Gasteiger partial charge is 0.0595 e. The molecule has 2 fully saturated rings. The molecule has 0 aliphatic heterocycles. The van der Waals surface area contributed by atoms with Crippen LogP contribution in [0.25, 0.3) is 22.2 Å². The number of aliphatic hydroxyl groups excluding tert-OH is 2. The largest absolute Gasteiger partial charge is 0.393 e. The van der Waals surface area contributed by atoms with Crippen molar-refractivity contribution in [2.24, 2.45) is 11.8 Å². The number of pyridine rings is 1. The quantitative estimate of drug-likeness (QED) is 0.351. The Bertz CT molecular complexity index is 915. The van der Waals surface area contributed by atoms with Gasteiger partial charge in [0.15, 0.2) is 0 Å². The van der Waals surface area contributed by atoms with Crippen molar-refractivity contribution in [1.29, 1.82) is 0 Å². The van der Waals surface area contributed by atoms with Crippen molar-refractivity contribution in [3.8, 4) is 11.3 Å². The molecule has 5 rings (SSSR count). The molecule has 167 valence electrons. The molecule has 4 heteroatoms. The van der Waals surface area contributed by atoms with Gasteiger partial charge in [0, 0.05) is 26.0 Å². The Hall–Kier alpha value is -1.58. The fraction of sp³-hybridized carbons (Fsp3) is 0.444. The van der Waals surface area contributed by atoms with Crippen molar-refractivity contribution >= 4 is 10.9 Å². The molecule has 1 radical (unpaired) electrons. The normalized spacial score (nSPS) is 25.7. The van der Waals surface area contributed by atoms with Crippen LogP contribution in [0.2, 0.25) is 0 Å². The van der Waals surface area contributed by atoms with Crippen LogP contribution in [0.4, 0.5) is 0 Å². The van der Waals surface area contributed by atoms with E-state index < -0.39 is 0 Å². The summed E-state index contributed by atoms with van der Waals surface area (Å²) >= 11 is 0. The summed E-state index contributed by atoms with van der Waals surface area (Å²) in [5, 5.41) is 21.2. The molecular weight excluding hydrogens is 563 g/mol. The first-order valence-electron chi connectivity index (χ1n) is 11.4. The van der Waals surface area contributed by atoms with E-state index in [0.717, 1.165) is 42.5 Å². The average molecular weight is 595 g/mol. The Morgan fingerprint density at radius 3 is 2.06 bits per heavy atom. The van der Waals surface area contributed by atoms with Crippen LogP contribution in [-0.4, -0.2) is 27.4 Å². The summed E-state index contributed by atoms with van der Waals surface area (Å²) in [7, 11) is 0. The van der Waals surface area contributed by atoms with Crippen LogP contribution in [0, 0.1) is 17.9 Å². The molecule has 2 unspecified atom stereocenters. The number of rotatable bonds is 1. The molecule has 0 bridgehead atoms. The predicted octanol–water partition coefficient (Wildman–Crippen LogP) is 5.79. The maximum atomic E-state index is 10.0. The Balaban J connectivity index is 0.000000172. The molecule has 0 saturated heterocycles. The molecular formula is C27H32IrNO2-. The number of aromatic nitrogens is 1. The van der Waals surface area contributed by atoms with Gasteiger partial charge in [-0.25, -0.2) is 0 Å². The summed E-state index contributed by atoms with van der Waals surface area (Å²) in [6, 6.07) is 23.4. The van der Waals surface area contributed by atoms with Crippen molar-refractivity contribution in [2.75, 3.05) is 0 Å². The molecule has 2 aliphatic carbocycles. The van der Waals surface area contributed by atoms with E-state index in [0.29, 0.717) is 5.92 Å². The Kier molecular flexibility index (Phi) is 9.22. The molecule has 2 N–H and O–H groups in total. The number of hydrogen-bond donors (Lipinski definition) is 2. The van der Waals surface area contributed by atoms with E-state index in [-0.39, 0.29) is 38.2 Å². The standard InChI is InChI=1S/C15H10N.C12H22O2.Ir/c1-2-6-12(7-3-1)15-11-10-13-8-4-5-9-14(13)16-15;13-10-7-3-1-5-9-6-2-4-8-11(14)12(9)10;/h1-6,8-11H;9-14H,1-8H2;/q-1;;. The third kappa shape index (κ3) is 6.23. The minimum absolute atomic E-state index is 0. The summed E-state index contributed by atoms with van der Waals surface area (Å²) in [4.78, 5) is 4.61. The second-order valence-electron chi connectivity index (χ2n) is 8.71. The maximum absolute atomic E-state index is 10.0. The first-order valence-corrected chi connectivity index (χ1v) is 11.4. The van der Waals surface area contributed by atoms with Gasteiger partial charge >= 0.3 is 0 Å². The summed E-state index contributed by atoms with van der Waals surface area (Å²) in [5.74, 6) is 0.769. The van der Waals surface area contributed by atoms with E-state index in [9.17, 15) is 10.2 Å². The van der Waals surface area contributed by atoms with Gasteiger partial charge in [0.2, 0.25) is 0 Å². The third-order valence-corrected chi connectivity index (χ3v) is 6.67. The fourth-order valence-corrected chi connectivity index (χ4v) is 5.09. The molecule has 2 atom stereocenters. The minimum Gasteiger partial charge on any atom is -0.393 e. The van der Waals surface area contributed by atoms with Gasteiger partial charge in [-0.1, -0.05) is 56.0 Å². The van der Waals surface area contributed by atoms with E-state index in [1.807, 2.05) is 48.5 Å². The van der Waals surface area contributed by atoms with E-state index >= 15 is 0 Å². The Morgan fingerprint density at radius 1 is 0.742 bits per heavy atom. The predicted molar refractivity (Wildman–Crippen MR) is 122 cm³/mol. The van der Waals surface area contributed by atoms with Gasteiger partial charge in [-0.05, 0) is 48.7 Å². The van der Waals surface area contributed by atoms with Crippen LogP contribution in [0.5, 0.6) is 0 Å². The zero-order valence-electron chi connectivity index (χ0n) is 17.9. The van der Waals surface area contributed by atoms with Crippen LogP contribution in [-0.2, 0) is 20.1 Å². The maximum Gasteiger partial charge on any atom is 0.0595 e. The molecule has 3 aromatic rings. The molecule has 2 saturated carbocycles. The van der Waals surface area contributed by atoms with Crippen LogP contribution in [0.15, 0.2) is 60.7 Å². The number of fused-ring (bicyclic) bond motifs is 2. The number of hydrogen-bond acceptors (Lipinski definition) is 3. The minimum atomic E-state index is -0.240. The monoisotopic (exact) mass is 595 g/mol. The van der Waals surface area contributed by atoms with E-state index in [1.165, 1.54) is 31.1 Å². The SMILES string of the molecule is OC1CCCCC2CCCCC(O)C12.[Ir].[c-]1ccccc1-c1ccc2ccccc2n1.